The lowest BCUT2D eigenvalue weighted by Gasteiger charge is -2.23. The highest BCUT2D eigenvalue weighted by Gasteiger charge is 2.24. The first-order valence-corrected chi connectivity index (χ1v) is 9.27. The van der Waals surface area contributed by atoms with Crippen LogP contribution < -0.4 is 0 Å². The largest absolute Gasteiger partial charge is 0.337 e. The summed E-state index contributed by atoms with van der Waals surface area (Å²) in [6.45, 7) is 10.9. The van der Waals surface area contributed by atoms with Crippen LogP contribution in [0.1, 0.15) is 37.6 Å². The number of carbonyl (C=O) groups excluding carboxylic acids is 1. The number of hydrogen-bond acceptors (Lipinski definition) is 4. The van der Waals surface area contributed by atoms with Crippen LogP contribution in [0.2, 0.25) is 0 Å². The SMILES string of the molecule is CCC1CN(C)CCN(C(=O)c2cnc3c(cnn3CC(C)C)c2)C1. The van der Waals surface area contributed by atoms with Crippen LogP contribution in [0.3, 0.4) is 0 Å². The molecule has 0 saturated carbocycles. The minimum Gasteiger partial charge on any atom is -0.337 e. The monoisotopic (exact) mass is 343 g/mol. The second kappa shape index (κ2) is 7.52. The Morgan fingerprint density at radius 1 is 1.28 bits per heavy atom. The summed E-state index contributed by atoms with van der Waals surface area (Å²) in [7, 11) is 2.13. The highest BCUT2D eigenvalue weighted by atomic mass is 16.2. The standard InChI is InChI=1S/C19H29N5O/c1-5-15-12-22(4)6-7-23(13-15)19(25)17-8-16-10-21-24(11-14(2)3)18(16)20-9-17/h8-10,14-15H,5-7,11-13H2,1-4H3. The summed E-state index contributed by atoms with van der Waals surface area (Å²) >= 11 is 0. The quantitative estimate of drug-likeness (QED) is 0.856. The van der Waals surface area contributed by atoms with Crippen molar-refractivity contribution in [1.29, 1.82) is 0 Å². The van der Waals surface area contributed by atoms with Crippen molar-refractivity contribution in [3.8, 4) is 0 Å². The van der Waals surface area contributed by atoms with Gasteiger partial charge in [-0.05, 0) is 24.9 Å². The van der Waals surface area contributed by atoms with Gasteiger partial charge in [-0.2, -0.15) is 5.10 Å². The Hall–Kier alpha value is -1.95. The normalized spacial score (nSPS) is 19.6. The molecule has 1 aliphatic rings. The minimum absolute atomic E-state index is 0.0831. The molecule has 6 nitrogen and oxygen atoms in total. The molecule has 1 fully saturated rings. The molecule has 3 heterocycles. The van der Waals surface area contributed by atoms with Crippen LogP contribution in [-0.2, 0) is 6.54 Å². The molecule has 25 heavy (non-hydrogen) atoms. The van der Waals surface area contributed by atoms with Gasteiger partial charge in [0.2, 0.25) is 0 Å². The van der Waals surface area contributed by atoms with Gasteiger partial charge in [0.05, 0.1) is 11.8 Å². The lowest BCUT2D eigenvalue weighted by atomic mass is 10.1. The number of rotatable bonds is 4. The molecule has 1 amide bonds. The van der Waals surface area contributed by atoms with Crippen LogP contribution in [-0.4, -0.2) is 63.7 Å². The molecule has 1 unspecified atom stereocenters. The average Bonchev–Trinajstić information content (AvgIpc) is 2.87. The van der Waals surface area contributed by atoms with Crippen molar-refractivity contribution in [2.75, 3.05) is 33.2 Å². The summed E-state index contributed by atoms with van der Waals surface area (Å²) in [5.41, 5.74) is 1.52. The first-order valence-electron chi connectivity index (χ1n) is 9.27. The van der Waals surface area contributed by atoms with Crippen molar-refractivity contribution in [3.63, 3.8) is 0 Å². The van der Waals surface area contributed by atoms with Crippen molar-refractivity contribution in [2.24, 2.45) is 11.8 Å². The van der Waals surface area contributed by atoms with Crippen molar-refractivity contribution in [2.45, 2.75) is 33.7 Å². The van der Waals surface area contributed by atoms with E-state index in [1.807, 2.05) is 21.8 Å². The van der Waals surface area contributed by atoms with E-state index in [1.54, 1.807) is 6.20 Å². The van der Waals surface area contributed by atoms with Gasteiger partial charge in [-0.25, -0.2) is 9.67 Å². The second-order valence-electron chi connectivity index (χ2n) is 7.65. The Balaban J connectivity index is 1.82. The smallest absolute Gasteiger partial charge is 0.255 e. The molecule has 0 N–H and O–H groups in total. The van der Waals surface area contributed by atoms with Gasteiger partial charge in [-0.1, -0.05) is 27.2 Å². The van der Waals surface area contributed by atoms with Crippen molar-refractivity contribution in [1.82, 2.24) is 24.6 Å². The number of nitrogens with zero attached hydrogens (tertiary/aromatic N) is 5. The molecule has 2 aromatic heterocycles. The van der Waals surface area contributed by atoms with Crippen LogP contribution in [0.4, 0.5) is 0 Å². The third-order valence-electron chi connectivity index (χ3n) is 4.93. The molecule has 6 heteroatoms. The number of likely N-dealkylation sites (N-methyl/N-ethyl adjacent to an activating group) is 1. The Morgan fingerprint density at radius 2 is 2.08 bits per heavy atom. The molecule has 2 aromatic rings. The summed E-state index contributed by atoms with van der Waals surface area (Å²) in [5.74, 6) is 1.12. The van der Waals surface area contributed by atoms with E-state index in [0.717, 1.165) is 50.2 Å². The highest BCUT2D eigenvalue weighted by molar-refractivity contribution is 5.96. The number of carbonyl (C=O) groups is 1. The van der Waals surface area contributed by atoms with E-state index in [-0.39, 0.29) is 5.91 Å². The number of aromatic nitrogens is 3. The summed E-state index contributed by atoms with van der Waals surface area (Å²) in [6.07, 6.45) is 4.61. The minimum atomic E-state index is 0.0831. The zero-order valence-electron chi connectivity index (χ0n) is 15.8. The van der Waals surface area contributed by atoms with Crippen LogP contribution in [0.5, 0.6) is 0 Å². The molecule has 3 rings (SSSR count). The van der Waals surface area contributed by atoms with E-state index in [0.29, 0.717) is 17.4 Å². The lowest BCUT2D eigenvalue weighted by molar-refractivity contribution is 0.0745. The van der Waals surface area contributed by atoms with Crippen molar-refractivity contribution in [3.05, 3.63) is 24.0 Å². The molecule has 0 aromatic carbocycles. The summed E-state index contributed by atoms with van der Waals surface area (Å²) in [6, 6.07) is 1.93. The van der Waals surface area contributed by atoms with Gasteiger partial charge in [0.1, 0.15) is 0 Å². The molecule has 0 spiro atoms. The zero-order chi connectivity index (χ0) is 18.0. The van der Waals surface area contributed by atoms with Gasteiger partial charge < -0.3 is 9.80 Å². The van der Waals surface area contributed by atoms with Crippen LogP contribution in [0, 0.1) is 11.8 Å². The van der Waals surface area contributed by atoms with Gasteiger partial charge >= 0.3 is 0 Å². The Kier molecular flexibility index (Phi) is 5.37. The van der Waals surface area contributed by atoms with Gasteiger partial charge in [0.15, 0.2) is 5.65 Å². The van der Waals surface area contributed by atoms with Gasteiger partial charge in [-0.15, -0.1) is 0 Å². The lowest BCUT2D eigenvalue weighted by Crippen LogP contribution is -2.36. The van der Waals surface area contributed by atoms with E-state index in [4.69, 9.17) is 0 Å². The third kappa shape index (κ3) is 4.00. The molecule has 0 radical (unpaired) electrons. The number of pyridine rings is 1. The maximum absolute atomic E-state index is 13.0. The maximum Gasteiger partial charge on any atom is 0.255 e. The number of fused-ring (bicyclic) bond motifs is 1. The fourth-order valence-electron chi connectivity index (χ4n) is 3.48. The molecule has 1 atom stereocenters. The van der Waals surface area contributed by atoms with Crippen molar-refractivity contribution >= 4 is 16.9 Å². The Morgan fingerprint density at radius 3 is 2.80 bits per heavy atom. The number of amides is 1. The topological polar surface area (TPSA) is 54.3 Å². The first kappa shape index (κ1) is 17.9. The average molecular weight is 343 g/mol. The van der Waals surface area contributed by atoms with E-state index >= 15 is 0 Å². The number of hydrogen-bond donors (Lipinski definition) is 0. The van der Waals surface area contributed by atoms with Crippen LogP contribution >= 0.6 is 0 Å². The first-order chi connectivity index (χ1) is 12.0. The summed E-state index contributed by atoms with van der Waals surface area (Å²) in [5, 5.41) is 5.36. The summed E-state index contributed by atoms with van der Waals surface area (Å²) < 4.78 is 1.92. The van der Waals surface area contributed by atoms with E-state index in [2.05, 4.69) is 42.8 Å². The fraction of sp³-hybridized carbons (Fsp3) is 0.632. The zero-order valence-corrected chi connectivity index (χ0v) is 15.8. The van der Waals surface area contributed by atoms with Gasteiger partial charge in [-0.3, -0.25) is 4.79 Å². The molecule has 136 valence electrons. The molecule has 0 bridgehead atoms. The predicted octanol–water partition coefficient (Wildman–Crippen LogP) is 2.50. The molecular formula is C19H29N5O. The maximum atomic E-state index is 13.0. The van der Waals surface area contributed by atoms with Crippen LogP contribution in [0.25, 0.3) is 11.0 Å². The predicted molar refractivity (Wildman–Crippen MR) is 99.5 cm³/mol. The molecule has 1 aliphatic heterocycles. The summed E-state index contributed by atoms with van der Waals surface area (Å²) in [4.78, 5) is 21.8. The fourth-order valence-corrected chi connectivity index (χ4v) is 3.48. The van der Waals surface area contributed by atoms with Gasteiger partial charge in [0.25, 0.3) is 5.91 Å². The van der Waals surface area contributed by atoms with E-state index in [1.165, 1.54) is 0 Å². The highest BCUT2D eigenvalue weighted by Crippen LogP contribution is 2.18. The van der Waals surface area contributed by atoms with E-state index < -0.39 is 0 Å². The molecule has 0 aliphatic carbocycles. The van der Waals surface area contributed by atoms with Crippen molar-refractivity contribution < 1.29 is 4.79 Å². The Labute approximate surface area is 149 Å². The third-order valence-corrected chi connectivity index (χ3v) is 4.93. The van der Waals surface area contributed by atoms with Gasteiger partial charge in [0, 0.05) is 44.3 Å². The van der Waals surface area contributed by atoms with Crippen LogP contribution in [0.15, 0.2) is 18.5 Å². The molecule has 1 saturated heterocycles. The van der Waals surface area contributed by atoms with E-state index in [9.17, 15) is 4.79 Å². The second-order valence-corrected chi connectivity index (χ2v) is 7.65. The molecular weight excluding hydrogens is 314 g/mol. The Bertz CT molecular complexity index is 738.